The maximum atomic E-state index is 6.15. The third-order valence-electron chi connectivity index (χ3n) is 4.03. The van der Waals surface area contributed by atoms with E-state index >= 15 is 0 Å². The van der Waals surface area contributed by atoms with E-state index in [1.165, 1.54) is 11.1 Å². The molecule has 1 heterocycles. The van der Waals surface area contributed by atoms with Crippen LogP contribution in [0.2, 0.25) is 0 Å². The molecule has 0 spiro atoms. The van der Waals surface area contributed by atoms with Crippen molar-refractivity contribution in [3.63, 3.8) is 0 Å². The molecule has 0 unspecified atom stereocenters. The van der Waals surface area contributed by atoms with Crippen LogP contribution in [0.1, 0.15) is 39.7 Å². The van der Waals surface area contributed by atoms with E-state index in [1.54, 1.807) is 6.08 Å². The first-order valence-electron chi connectivity index (χ1n) is 9.23. The minimum atomic E-state index is 0.798. The molecule has 2 aromatic rings. The first-order chi connectivity index (χ1) is 12.6. The van der Waals surface area contributed by atoms with Crippen LogP contribution in [0.4, 0.5) is 11.4 Å². The lowest BCUT2D eigenvalue weighted by atomic mass is 10.1. The molecule has 3 rings (SSSR count). The Morgan fingerprint density at radius 2 is 1.77 bits per heavy atom. The number of rotatable bonds is 4. The van der Waals surface area contributed by atoms with Crippen LogP contribution in [0, 0.1) is 6.92 Å². The third-order valence-corrected chi connectivity index (χ3v) is 4.03. The van der Waals surface area contributed by atoms with Crippen molar-refractivity contribution < 1.29 is 4.74 Å². The fraction of sp³-hybridized carbons (Fsp3) is 0.250. The zero-order chi connectivity index (χ0) is 19.1. The van der Waals surface area contributed by atoms with Gasteiger partial charge < -0.3 is 9.64 Å². The summed E-state index contributed by atoms with van der Waals surface area (Å²) >= 11 is 0. The van der Waals surface area contributed by atoms with E-state index in [0.717, 1.165) is 35.0 Å². The summed E-state index contributed by atoms with van der Waals surface area (Å²) in [4.78, 5) is 2.27. The molecule has 0 atom stereocenters. The highest BCUT2D eigenvalue weighted by atomic mass is 16.5. The van der Waals surface area contributed by atoms with Crippen LogP contribution in [0.3, 0.4) is 0 Å². The molecule has 2 heteroatoms. The highest BCUT2D eigenvalue weighted by Gasteiger charge is 2.26. The lowest BCUT2D eigenvalue weighted by Gasteiger charge is -2.34. The summed E-state index contributed by atoms with van der Waals surface area (Å²) < 4.78 is 6.15. The zero-order valence-electron chi connectivity index (χ0n) is 16.5. The minimum Gasteiger partial charge on any atom is -0.453 e. The predicted molar refractivity (Wildman–Crippen MR) is 113 cm³/mol. The second-order valence-corrected chi connectivity index (χ2v) is 6.24. The van der Waals surface area contributed by atoms with Crippen molar-refractivity contribution in [3.8, 4) is 5.75 Å². The van der Waals surface area contributed by atoms with E-state index in [4.69, 9.17) is 4.74 Å². The van der Waals surface area contributed by atoms with E-state index in [-0.39, 0.29) is 0 Å². The number of aryl methyl sites for hydroxylation is 1. The fourth-order valence-corrected chi connectivity index (χ4v) is 2.84. The number of hydrogen-bond acceptors (Lipinski definition) is 2. The number of fused-ring (bicyclic) bond motifs is 1. The number of para-hydroxylation sites is 1. The average Bonchev–Trinajstić information content (AvgIpc) is 2.67. The lowest BCUT2D eigenvalue weighted by molar-refractivity contribution is 0.426. The second kappa shape index (κ2) is 9.10. The maximum absolute atomic E-state index is 6.15. The molecule has 0 radical (unpaired) electrons. The van der Waals surface area contributed by atoms with Gasteiger partial charge in [0.15, 0.2) is 5.75 Å². The molecular weight excluding hydrogens is 318 g/mol. The van der Waals surface area contributed by atoms with Gasteiger partial charge in [0.05, 0.1) is 11.4 Å². The Morgan fingerprint density at radius 1 is 1.08 bits per heavy atom. The molecule has 0 saturated carbocycles. The van der Waals surface area contributed by atoms with Gasteiger partial charge in [-0.05, 0) is 56.7 Å². The van der Waals surface area contributed by atoms with Crippen LogP contribution in [0.5, 0.6) is 5.75 Å². The van der Waals surface area contributed by atoms with Crippen molar-refractivity contribution in [2.45, 2.75) is 41.0 Å². The van der Waals surface area contributed by atoms with Gasteiger partial charge in [-0.25, -0.2) is 0 Å². The van der Waals surface area contributed by atoms with Crippen LogP contribution in [-0.2, 0) is 0 Å². The molecular formula is C24H29NO. The van der Waals surface area contributed by atoms with E-state index in [9.17, 15) is 0 Å². The normalized spacial score (nSPS) is 12.4. The van der Waals surface area contributed by atoms with Gasteiger partial charge in [-0.3, -0.25) is 0 Å². The SMILES string of the molecule is C=CC1=C(CC=C(C)C)N(c2ccccc2)c2ccc(C)cc2O1.CC. The number of benzene rings is 2. The zero-order valence-corrected chi connectivity index (χ0v) is 16.5. The van der Waals surface area contributed by atoms with E-state index < -0.39 is 0 Å². The molecule has 0 fully saturated rings. The second-order valence-electron chi connectivity index (χ2n) is 6.24. The largest absolute Gasteiger partial charge is 0.453 e. The molecule has 1 aliphatic heterocycles. The molecule has 1 aliphatic rings. The molecule has 0 N–H and O–H groups in total. The topological polar surface area (TPSA) is 12.5 Å². The molecule has 2 aromatic carbocycles. The van der Waals surface area contributed by atoms with E-state index in [0.29, 0.717) is 0 Å². The van der Waals surface area contributed by atoms with E-state index in [2.05, 4.69) is 80.8 Å². The monoisotopic (exact) mass is 347 g/mol. The van der Waals surface area contributed by atoms with Crippen molar-refractivity contribution >= 4 is 11.4 Å². The standard InChI is InChI=1S/C22H23NO.C2H6/c1-5-21-19(13-11-16(2)3)23(18-9-7-6-8-10-18)20-14-12-17(4)15-22(20)24-21;1-2/h5-12,14-15H,1,13H2,2-4H3;1-2H3. The number of anilines is 2. The van der Waals surface area contributed by atoms with E-state index in [1.807, 2.05) is 19.9 Å². The third kappa shape index (κ3) is 4.26. The Morgan fingerprint density at radius 3 is 2.38 bits per heavy atom. The quantitative estimate of drug-likeness (QED) is 0.538. The Hall–Kier alpha value is -2.74. The highest BCUT2D eigenvalue weighted by molar-refractivity contribution is 5.76. The summed E-state index contributed by atoms with van der Waals surface area (Å²) in [6, 6.07) is 16.7. The van der Waals surface area contributed by atoms with Crippen molar-refractivity contribution in [2.75, 3.05) is 4.90 Å². The van der Waals surface area contributed by atoms with Crippen LogP contribution < -0.4 is 9.64 Å². The summed E-state index contributed by atoms with van der Waals surface area (Å²) in [5.74, 6) is 1.68. The van der Waals surface area contributed by atoms with Crippen molar-refractivity contribution in [1.29, 1.82) is 0 Å². The van der Waals surface area contributed by atoms with Gasteiger partial charge in [0.1, 0.15) is 5.76 Å². The molecule has 0 aliphatic carbocycles. The van der Waals surface area contributed by atoms with Crippen molar-refractivity contribution in [1.82, 2.24) is 0 Å². The summed E-state index contributed by atoms with van der Waals surface area (Å²) in [5.41, 5.74) is 5.76. The number of ether oxygens (including phenoxy) is 1. The van der Waals surface area contributed by atoms with Crippen LogP contribution in [0.25, 0.3) is 0 Å². The fourth-order valence-electron chi connectivity index (χ4n) is 2.84. The predicted octanol–water partition coefficient (Wildman–Crippen LogP) is 7.31. The summed E-state index contributed by atoms with van der Waals surface area (Å²) in [6.07, 6.45) is 4.82. The Kier molecular flexibility index (Phi) is 6.85. The summed E-state index contributed by atoms with van der Waals surface area (Å²) in [5, 5.41) is 0. The molecule has 0 saturated heterocycles. The number of allylic oxidation sites excluding steroid dienone is 3. The average molecular weight is 348 g/mol. The molecule has 2 nitrogen and oxygen atoms in total. The van der Waals surface area contributed by atoms with Crippen LogP contribution >= 0.6 is 0 Å². The smallest absolute Gasteiger partial charge is 0.151 e. The van der Waals surface area contributed by atoms with Crippen LogP contribution in [-0.4, -0.2) is 0 Å². The van der Waals surface area contributed by atoms with Crippen molar-refractivity contribution in [3.05, 3.63) is 89.9 Å². The van der Waals surface area contributed by atoms with Gasteiger partial charge >= 0.3 is 0 Å². The van der Waals surface area contributed by atoms with Gasteiger partial charge in [0.25, 0.3) is 0 Å². The highest BCUT2D eigenvalue weighted by Crippen LogP contribution is 2.44. The van der Waals surface area contributed by atoms with Crippen molar-refractivity contribution in [2.24, 2.45) is 0 Å². The van der Waals surface area contributed by atoms with Gasteiger partial charge in [0, 0.05) is 12.1 Å². The number of nitrogens with zero attached hydrogens (tertiary/aromatic N) is 1. The number of hydrogen-bond donors (Lipinski definition) is 0. The molecule has 0 aromatic heterocycles. The van der Waals surface area contributed by atoms with Gasteiger partial charge in [-0.15, -0.1) is 0 Å². The van der Waals surface area contributed by atoms with Gasteiger partial charge in [-0.2, -0.15) is 0 Å². The molecule has 26 heavy (non-hydrogen) atoms. The summed E-state index contributed by atoms with van der Waals surface area (Å²) in [7, 11) is 0. The minimum absolute atomic E-state index is 0.798. The lowest BCUT2D eigenvalue weighted by Crippen LogP contribution is -2.24. The first-order valence-corrected chi connectivity index (χ1v) is 9.23. The Balaban J connectivity index is 0.00000117. The van der Waals surface area contributed by atoms with Gasteiger partial charge in [-0.1, -0.05) is 56.3 Å². The maximum Gasteiger partial charge on any atom is 0.151 e. The molecule has 0 amide bonds. The first kappa shape index (κ1) is 19.6. The van der Waals surface area contributed by atoms with Crippen LogP contribution in [0.15, 0.2) is 84.3 Å². The molecule has 0 bridgehead atoms. The van der Waals surface area contributed by atoms with Gasteiger partial charge in [0.2, 0.25) is 0 Å². The Labute approximate surface area is 158 Å². The molecule has 136 valence electrons. The Bertz CT molecular complexity index is 811. The summed E-state index contributed by atoms with van der Waals surface area (Å²) in [6.45, 7) is 14.3.